The highest BCUT2D eigenvalue weighted by Crippen LogP contribution is 2.15. The van der Waals surface area contributed by atoms with E-state index in [9.17, 15) is 28.0 Å². The van der Waals surface area contributed by atoms with E-state index < -0.39 is 23.9 Å². The average molecular weight is 501 g/mol. The van der Waals surface area contributed by atoms with Crippen molar-refractivity contribution in [3.63, 3.8) is 0 Å². The molecule has 2 aromatic carbocycles. The van der Waals surface area contributed by atoms with Gasteiger partial charge in [-0.15, -0.1) is 11.3 Å². The van der Waals surface area contributed by atoms with E-state index in [1.807, 2.05) is 6.07 Å². The molecule has 0 unspecified atom stereocenters. The van der Waals surface area contributed by atoms with E-state index in [0.717, 1.165) is 11.3 Å². The Hall–Kier alpha value is -3.88. The number of thiazole rings is 1. The van der Waals surface area contributed by atoms with Crippen molar-refractivity contribution in [3.05, 3.63) is 79.5 Å². The minimum atomic E-state index is -2.96. The Morgan fingerprint density at radius 1 is 1.11 bits per heavy atom. The molecule has 1 aromatic heterocycles. The zero-order chi connectivity index (χ0) is 24.9. The van der Waals surface area contributed by atoms with Crippen LogP contribution in [0.15, 0.2) is 53.3 Å². The minimum Gasteiger partial charge on any atom is -0.435 e. The van der Waals surface area contributed by atoms with Crippen molar-refractivity contribution in [2.45, 2.75) is 6.61 Å². The Kier molecular flexibility index (Phi) is 7.33. The van der Waals surface area contributed by atoms with Crippen molar-refractivity contribution in [1.29, 1.82) is 5.26 Å². The second-order valence-electron chi connectivity index (χ2n) is 7.37. The molecule has 1 aliphatic heterocycles. The molecule has 0 spiro atoms. The van der Waals surface area contributed by atoms with Crippen molar-refractivity contribution in [2.75, 3.05) is 26.3 Å². The number of rotatable bonds is 5. The lowest BCUT2D eigenvalue weighted by atomic mass is 10.2. The quantitative estimate of drug-likeness (QED) is 0.534. The molecule has 1 fully saturated rings. The number of amides is 1. The number of carbonyl (C=O) groups excluding carboxylic acids is 1. The number of hydrogen-bond donors (Lipinski definition) is 0. The van der Waals surface area contributed by atoms with Crippen LogP contribution in [0.5, 0.6) is 5.75 Å². The highest BCUT2D eigenvalue weighted by Gasteiger charge is 2.24. The second kappa shape index (κ2) is 10.6. The smallest absolute Gasteiger partial charge is 0.387 e. The van der Waals surface area contributed by atoms with Gasteiger partial charge in [-0.1, -0.05) is 12.1 Å². The second-order valence-corrected chi connectivity index (χ2v) is 8.40. The van der Waals surface area contributed by atoms with Crippen molar-refractivity contribution in [1.82, 2.24) is 9.47 Å². The molecule has 1 saturated heterocycles. The lowest BCUT2D eigenvalue weighted by Crippen LogP contribution is -2.42. The standard InChI is InChI=1S/C24H18F3N3O4S/c25-16-3-5-17(6-4-16)30-22(32)20(13-15-1-7-18(8-2-15)34-24(26)27)35-23(30)19(14-28)21(31)29-9-11-33-12-10-29/h1-8,13,24H,9-12H2. The average Bonchev–Trinajstić information content (AvgIpc) is 3.17. The van der Waals surface area contributed by atoms with E-state index in [4.69, 9.17) is 4.74 Å². The van der Waals surface area contributed by atoms with Gasteiger partial charge >= 0.3 is 6.61 Å². The Labute approximate surface area is 201 Å². The predicted octanol–water partition coefficient (Wildman–Crippen LogP) is 2.00. The van der Waals surface area contributed by atoms with Crippen LogP contribution in [-0.4, -0.2) is 48.3 Å². The van der Waals surface area contributed by atoms with Gasteiger partial charge in [0.1, 0.15) is 22.3 Å². The topological polar surface area (TPSA) is 84.6 Å². The van der Waals surface area contributed by atoms with Crippen LogP contribution in [0.4, 0.5) is 13.2 Å². The summed E-state index contributed by atoms with van der Waals surface area (Å²) in [4.78, 5) is 28.0. The molecule has 4 rings (SSSR count). The van der Waals surface area contributed by atoms with Gasteiger partial charge in [-0.2, -0.15) is 14.0 Å². The highest BCUT2D eigenvalue weighted by molar-refractivity contribution is 7.07. The molecule has 35 heavy (non-hydrogen) atoms. The summed E-state index contributed by atoms with van der Waals surface area (Å²) in [6, 6.07) is 12.7. The van der Waals surface area contributed by atoms with Crippen LogP contribution in [0.3, 0.4) is 0 Å². The van der Waals surface area contributed by atoms with Gasteiger partial charge < -0.3 is 14.4 Å². The lowest BCUT2D eigenvalue weighted by Gasteiger charge is -2.26. The van der Waals surface area contributed by atoms with Gasteiger partial charge in [-0.3, -0.25) is 14.2 Å². The molecular weight excluding hydrogens is 483 g/mol. The molecule has 3 aromatic rings. The molecule has 1 amide bonds. The first-order valence-corrected chi connectivity index (χ1v) is 11.2. The maximum Gasteiger partial charge on any atom is 0.387 e. The molecule has 0 bridgehead atoms. The molecule has 0 radical (unpaired) electrons. The normalized spacial score (nSPS) is 15.2. The van der Waals surface area contributed by atoms with Gasteiger partial charge in [0.2, 0.25) is 0 Å². The lowest BCUT2D eigenvalue weighted by molar-refractivity contribution is -0.128. The van der Waals surface area contributed by atoms with Crippen LogP contribution in [0, 0.1) is 17.1 Å². The van der Waals surface area contributed by atoms with Crippen LogP contribution in [0.1, 0.15) is 5.56 Å². The van der Waals surface area contributed by atoms with E-state index in [-0.39, 0.29) is 26.2 Å². The third-order valence-corrected chi connectivity index (χ3v) is 6.24. The molecule has 2 heterocycles. The number of morpholine rings is 1. The van der Waals surface area contributed by atoms with E-state index in [1.165, 1.54) is 64.1 Å². The van der Waals surface area contributed by atoms with Gasteiger partial charge in [-0.25, -0.2) is 4.39 Å². The summed E-state index contributed by atoms with van der Waals surface area (Å²) in [5, 5.41) is 9.87. The Morgan fingerprint density at radius 3 is 2.37 bits per heavy atom. The number of ether oxygens (including phenoxy) is 2. The first kappa shape index (κ1) is 24.3. The minimum absolute atomic E-state index is 0.0380. The third kappa shape index (κ3) is 5.45. The van der Waals surface area contributed by atoms with Gasteiger partial charge in [0, 0.05) is 13.1 Å². The molecule has 0 N–H and O–H groups in total. The number of hydrogen-bond acceptors (Lipinski definition) is 6. The van der Waals surface area contributed by atoms with E-state index in [0.29, 0.717) is 31.9 Å². The summed E-state index contributed by atoms with van der Waals surface area (Å²) in [5.41, 5.74) is 0.0528. The highest BCUT2D eigenvalue weighted by atomic mass is 32.1. The fraction of sp³-hybridized carbons (Fsp3) is 0.208. The zero-order valence-corrected chi connectivity index (χ0v) is 18.9. The summed E-state index contributed by atoms with van der Waals surface area (Å²) >= 11 is 0.931. The fourth-order valence-corrected chi connectivity index (χ4v) is 4.58. The zero-order valence-electron chi connectivity index (χ0n) is 18.1. The first-order chi connectivity index (χ1) is 16.9. The number of aromatic nitrogens is 1. The number of benzene rings is 2. The van der Waals surface area contributed by atoms with Crippen LogP contribution >= 0.6 is 11.3 Å². The van der Waals surface area contributed by atoms with Gasteiger partial charge in [0.05, 0.1) is 23.4 Å². The van der Waals surface area contributed by atoms with Crippen molar-refractivity contribution >= 4 is 28.9 Å². The Balaban J connectivity index is 1.89. The number of nitriles is 1. The van der Waals surface area contributed by atoms with E-state index in [1.54, 1.807) is 0 Å². The summed E-state index contributed by atoms with van der Waals surface area (Å²) in [7, 11) is 0. The number of nitrogens with zero attached hydrogens (tertiary/aromatic N) is 3. The molecule has 7 nitrogen and oxygen atoms in total. The number of carbonyl (C=O) groups is 1. The predicted molar refractivity (Wildman–Crippen MR) is 122 cm³/mol. The molecule has 180 valence electrons. The molecular formula is C24H18F3N3O4S. The molecule has 1 aliphatic rings. The van der Waals surface area contributed by atoms with Gasteiger partial charge in [0.15, 0.2) is 5.57 Å². The summed E-state index contributed by atoms with van der Waals surface area (Å²) in [6.45, 7) is -1.67. The van der Waals surface area contributed by atoms with Crippen LogP contribution < -0.4 is 19.5 Å². The third-order valence-electron chi connectivity index (χ3n) is 5.15. The van der Waals surface area contributed by atoms with Gasteiger partial charge in [-0.05, 0) is 48.0 Å². The molecule has 11 heteroatoms. The molecule has 0 saturated carbocycles. The maximum absolute atomic E-state index is 13.5. The van der Waals surface area contributed by atoms with Crippen LogP contribution in [-0.2, 0) is 9.53 Å². The van der Waals surface area contributed by atoms with Crippen molar-refractivity contribution in [3.8, 4) is 17.5 Å². The molecule has 0 aliphatic carbocycles. The van der Waals surface area contributed by atoms with Crippen molar-refractivity contribution in [2.24, 2.45) is 0 Å². The Bertz CT molecular complexity index is 1440. The monoisotopic (exact) mass is 501 g/mol. The van der Waals surface area contributed by atoms with Gasteiger partial charge in [0.25, 0.3) is 11.5 Å². The van der Waals surface area contributed by atoms with E-state index in [2.05, 4.69) is 4.74 Å². The van der Waals surface area contributed by atoms with E-state index >= 15 is 0 Å². The fourth-order valence-electron chi connectivity index (χ4n) is 3.48. The number of halogens is 3. The number of alkyl halides is 2. The van der Waals surface area contributed by atoms with Crippen LogP contribution in [0.2, 0.25) is 0 Å². The largest absolute Gasteiger partial charge is 0.435 e. The summed E-state index contributed by atoms with van der Waals surface area (Å²) in [6.07, 6.45) is 1.51. The summed E-state index contributed by atoms with van der Waals surface area (Å²) in [5.74, 6) is -1.08. The maximum atomic E-state index is 13.5. The van der Waals surface area contributed by atoms with Crippen LogP contribution in [0.25, 0.3) is 17.3 Å². The SMILES string of the molecule is N#CC(C(=O)N1CCOCC1)=c1sc(=Cc2ccc(OC(F)F)cc2)c(=O)n1-c1ccc(F)cc1. The van der Waals surface area contributed by atoms with Crippen molar-refractivity contribution < 1.29 is 27.4 Å². The Morgan fingerprint density at radius 2 is 1.77 bits per heavy atom. The first-order valence-electron chi connectivity index (χ1n) is 10.4. The molecule has 0 atom stereocenters. The summed E-state index contributed by atoms with van der Waals surface area (Å²) < 4.78 is 49.4.